The van der Waals surface area contributed by atoms with Crippen molar-refractivity contribution in [3.05, 3.63) is 212 Å². The Morgan fingerprint density at radius 3 is 1.44 bits per heavy atom. The van der Waals surface area contributed by atoms with Crippen LogP contribution < -0.4 is 4.90 Å². The van der Waals surface area contributed by atoms with Gasteiger partial charge in [-0.1, -0.05) is 152 Å². The molecule has 0 bridgehead atoms. The van der Waals surface area contributed by atoms with Crippen molar-refractivity contribution in [2.45, 2.75) is 0 Å². The number of benzene rings is 9. The Morgan fingerprint density at radius 2 is 0.754 bits per heavy atom. The normalized spacial score (nSPS) is 11.5. The van der Waals surface area contributed by atoms with E-state index < -0.39 is 0 Å². The van der Waals surface area contributed by atoms with E-state index >= 15 is 0 Å². The molecule has 2 aromatic heterocycles. The minimum Gasteiger partial charge on any atom is -0.310 e. The highest BCUT2D eigenvalue weighted by Gasteiger charge is 2.19. The summed E-state index contributed by atoms with van der Waals surface area (Å²) in [6, 6.07) is 77.7. The van der Waals surface area contributed by atoms with Gasteiger partial charge in [0.05, 0.1) is 0 Å². The summed E-state index contributed by atoms with van der Waals surface area (Å²) >= 11 is 3.74. The van der Waals surface area contributed by atoms with Crippen LogP contribution in [0.1, 0.15) is 0 Å². The van der Waals surface area contributed by atoms with E-state index in [1.54, 1.807) is 0 Å². The van der Waals surface area contributed by atoms with Crippen molar-refractivity contribution in [2.24, 2.45) is 0 Å². The number of thiophene rings is 2. The third kappa shape index (κ3) is 6.09. The molecular weight excluding hydrogens is 727 g/mol. The lowest BCUT2D eigenvalue weighted by molar-refractivity contribution is 1.29. The van der Waals surface area contributed by atoms with Crippen molar-refractivity contribution in [2.75, 3.05) is 4.90 Å². The molecule has 57 heavy (non-hydrogen) atoms. The lowest BCUT2D eigenvalue weighted by Gasteiger charge is -2.27. The zero-order chi connectivity index (χ0) is 37.7. The van der Waals surface area contributed by atoms with Gasteiger partial charge in [-0.15, -0.1) is 22.7 Å². The first-order chi connectivity index (χ1) is 28.2. The standard InChI is InChI=1S/C54H35NS2/c1-3-12-36(13-4-1)38-22-24-39(25-23-38)40-26-28-43(29-27-40)55(44-30-31-53-50(35-44)48-17-8-9-20-51(48)56-53)45-33-41(37-14-5-2-6-15-37)32-42(34-45)46-18-11-19-49-47-16-7-10-21-52(47)57-54(46)49/h1-35H. The Hall–Kier alpha value is -6.78. The second kappa shape index (κ2) is 14.1. The summed E-state index contributed by atoms with van der Waals surface area (Å²) in [6.45, 7) is 0. The Balaban J connectivity index is 1.10. The molecule has 0 amide bonds. The van der Waals surface area contributed by atoms with E-state index in [1.807, 2.05) is 22.7 Å². The third-order valence-corrected chi connectivity index (χ3v) is 13.4. The third-order valence-electron chi connectivity index (χ3n) is 11.1. The van der Waals surface area contributed by atoms with Gasteiger partial charge in [-0.05, 0) is 105 Å². The molecule has 0 spiro atoms. The summed E-state index contributed by atoms with van der Waals surface area (Å²) in [5, 5.41) is 5.19. The van der Waals surface area contributed by atoms with Crippen LogP contribution >= 0.6 is 22.7 Å². The number of fused-ring (bicyclic) bond motifs is 6. The zero-order valence-corrected chi connectivity index (χ0v) is 32.6. The molecule has 0 N–H and O–H groups in total. The van der Waals surface area contributed by atoms with E-state index in [9.17, 15) is 0 Å². The average molecular weight is 762 g/mol. The first-order valence-corrected chi connectivity index (χ1v) is 21.0. The fourth-order valence-electron chi connectivity index (χ4n) is 8.26. The number of anilines is 3. The quantitative estimate of drug-likeness (QED) is 0.156. The first kappa shape index (κ1) is 33.5. The predicted molar refractivity (Wildman–Crippen MR) is 249 cm³/mol. The molecule has 9 aromatic carbocycles. The molecule has 0 saturated carbocycles. The summed E-state index contributed by atoms with van der Waals surface area (Å²) in [6.07, 6.45) is 0. The Bertz CT molecular complexity index is 3210. The van der Waals surface area contributed by atoms with Gasteiger partial charge < -0.3 is 4.90 Å². The van der Waals surface area contributed by atoms with Crippen LogP contribution in [-0.2, 0) is 0 Å². The fourth-order valence-corrected chi connectivity index (χ4v) is 10.6. The van der Waals surface area contributed by atoms with Crippen LogP contribution in [0.25, 0.3) is 84.9 Å². The molecule has 268 valence electrons. The Morgan fingerprint density at radius 1 is 0.263 bits per heavy atom. The molecule has 11 aromatic rings. The minimum atomic E-state index is 1.11. The highest BCUT2D eigenvalue weighted by Crippen LogP contribution is 2.46. The molecule has 0 aliphatic heterocycles. The number of hydrogen-bond acceptors (Lipinski definition) is 3. The zero-order valence-electron chi connectivity index (χ0n) is 31.0. The summed E-state index contributed by atoms with van der Waals surface area (Å²) in [5.74, 6) is 0. The molecule has 0 atom stereocenters. The minimum absolute atomic E-state index is 1.11. The molecule has 1 nitrogen and oxygen atoms in total. The molecule has 0 aliphatic carbocycles. The maximum absolute atomic E-state index is 2.44. The van der Waals surface area contributed by atoms with E-state index in [0.29, 0.717) is 0 Å². The van der Waals surface area contributed by atoms with Crippen LogP contribution in [-0.4, -0.2) is 0 Å². The monoisotopic (exact) mass is 761 g/mol. The molecular formula is C54H35NS2. The van der Waals surface area contributed by atoms with Crippen molar-refractivity contribution in [3.63, 3.8) is 0 Å². The lowest BCUT2D eigenvalue weighted by Crippen LogP contribution is -2.10. The topological polar surface area (TPSA) is 3.24 Å². The Labute approximate surface area is 340 Å². The van der Waals surface area contributed by atoms with E-state index in [4.69, 9.17) is 0 Å². The van der Waals surface area contributed by atoms with Crippen LogP contribution in [0, 0.1) is 0 Å². The molecule has 0 radical (unpaired) electrons. The maximum atomic E-state index is 2.44. The second-order valence-electron chi connectivity index (χ2n) is 14.5. The molecule has 0 aliphatic rings. The molecule has 0 fully saturated rings. The van der Waals surface area contributed by atoms with Gasteiger partial charge in [-0.3, -0.25) is 0 Å². The fraction of sp³-hybridized carbons (Fsp3) is 0. The van der Waals surface area contributed by atoms with Gasteiger partial charge in [0.2, 0.25) is 0 Å². The highest BCUT2D eigenvalue weighted by atomic mass is 32.1. The number of rotatable bonds is 7. The largest absolute Gasteiger partial charge is 0.310 e. The highest BCUT2D eigenvalue weighted by molar-refractivity contribution is 7.26. The first-order valence-electron chi connectivity index (χ1n) is 19.3. The van der Waals surface area contributed by atoms with Crippen LogP contribution in [0.3, 0.4) is 0 Å². The van der Waals surface area contributed by atoms with Gasteiger partial charge in [0.15, 0.2) is 0 Å². The van der Waals surface area contributed by atoms with Crippen LogP contribution in [0.15, 0.2) is 212 Å². The van der Waals surface area contributed by atoms with Gasteiger partial charge in [-0.25, -0.2) is 0 Å². The van der Waals surface area contributed by atoms with Gasteiger partial charge in [-0.2, -0.15) is 0 Å². The van der Waals surface area contributed by atoms with Crippen molar-refractivity contribution >= 4 is 80.1 Å². The van der Waals surface area contributed by atoms with E-state index in [1.165, 1.54) is 84.9 Å². The molecule has 3 heteroatoms. The van der Waals surface area contributed by atoms with E-state index in [0.717, 1.165) is 17.1 Å². The summed E-state index contributed by atoms with van der Waals surface area (Å²) in [5.41, 5.74) is 13.0. The maximum Gasteiger partial charge on any atom is 0.0473 e. The molecule has 0 unspecified atom stereocenters. The van der Waals surface area contributed by atoms with Gasteiger partial charge in [0.1, 0.15) is 0 Å². The Kier molecular flexibility index (Phi) is 8.28. The number of nitrogens with zero attached hydrogens (tertiary/aromatic N) is 1. The summed E-state index contributed by atoms with van der Waals surface area (Å²) in [4.78, 5) is 2.44. The smallest absolute Gasteiger partial charge is 0.0473 e. The van der Waals surface area contributed by atoms with Crippen LogP contribution in [0.5, 0.6) is 0 Å². The van der Waals surface area contributed by atoms with E-state index in [-0.39, 0.29) is 0 Å². The second-order valence-corrected chi connectivity index (χ2v) is 16.7. The molecule has 11 rings (SSSR count). The van der Waals surface area contributed by atoms with Crippen molar-refractivity contribution in [3.8, 4) is 44.5 Å². The SMILES string of the molecule is c1ccc(-c2ccc(-c3ccc(N(c4cc(-c5ccccc5)cc(-c5cccc6c5sc5ccccc56)c4)c4ccc5sc6ccccc6c5c4)cc3)cc2)cc1. The van der Waals surface area contributed by atoms with Gasteiger partial charge in [0.25, 0.3) is 0 Å². The van der Waals surface area contributed by atoms with E-state index in [2.05, 4.69) is 217 Å². The van der Waals surface area contributed by atoms with Crippen molar-refractivity contribution in [1.29, 1.82) is 0 Å². The summed E-state index contributed by atoms with van der Waals surface area (Å²) < 4.78 is 5.23. The lowest BCUT2D eigenvalue weighted by atomic mass is 9.96. The number of hydrogen-bond donors (Lipinski definition) is 0. The predicted octanol–water partition coefficient (Wildman–Crippen LogP) is 16.6. The summed E-state index contributed by atoms with van der Waals surface area (Å²) in [7, 11) is 0. The van der Waals surface area contributed by atoms with Gasteiger partial charge >= 0.3 is 0 Å². The van der Waals surface area contributed by atoms with Crippen LogP contribution in [0.4, 0.5) is 17.1 Å². The van der Waals surface area contributed by atoms with Gasteiger partial charge in [0, 0.05) is 57.4 Å². The average Bonchev–Trinajstić information content (AvgIpc) is 3.86. The molecule has 0 saturated heterocycles. The van der Waals surface area contributed by atoms with Crippen molar-refractivity contribution < 1.29 is 0 Å². The van der Waals surface area contributed by atoms with Crippen molar-refractivity contribution in [1.82, 2.24) is 0 Å². The van der Waals surface area contributed by atoms with Crippen LogP contribution in [0.2, 0.25) is 0 Å². The molecule has 2 heterocycles.